The van der Waals surface area contributed by atoms with Gasteiger partial charge >= 0.3 is 0 Å². The highest BCUT2D eigenvalue weighted by molar-refractivity contribution is 5.28. The number of hydrogen-bond acceptors (Lipinski definition) is 1. The van der Waals surface area contributed by atoms with Gasteiger partial charge in [0.1, 0.15) is 0 Å². The smallest absolute Gasteiger partial charge is 0.0855 e. The molecule has 0 bridgehead atoms. The molecule has 20 heavy (non-hydrogen) atoms. The lowest BCUT2D eigenvalue weighted by molar-refractivity contribution is -0.00659. The number of rotatable bonds is 5. The van der Waals surface area contributed by atoms with E-state index < -0.39 is 0 Å². The second-order valence-electron chi connectivity index (χ2n) is 6.81. The van der Waals surface area contributed by atoms with Gasteiger partial charge in [0.2, 0.25) is 0 Å². The number of hydrogen-bond donors (Lipinski definition) is 0. The third-order valence-corrected chi connectivity index (χ3v) is 5.31. The molecule has 2 aliphatic carbocycles. The lowest BCUT2D eigenvalue weighted by Gasteiger charge is -2.27. The molecule has 1 aromatic rings. The Morgan fingerprint density at radius 2 is 1.65 bits per heavy atom. The summed E-state index contributed by atoms with van der Waals surface area (Å²) in [4.78, 5) is 0. The molecule has 0 radical (unpaired) electrons. The van der Waals surface area contributed by atoms with Crippen LogP contribution in [0.1, 0.15) is 68.6 Å². The molecular weight excluding hydrogens is 244 g/mol. The van der Waals surface area contributed by atoms with Crippen LogP contribution in [0.15, 0.2) is 24.3 Å². The van der Waals surface area contributed by atoms with E-state index in [0.717, 1.165) is 18.4 Å². The zero-order chi connectivity index (χ0) is 13.8. The molecule has 0 amide bonds. The first-order valence-corrected chi connectivity index (χ1v) is 8.51. The van der Waals surface area contributed by atoms with Crippen molar-refractivity contribution in [3.8, 4) is 0 Å². The predicted octanol–water partition coefficient (Wildman–Crippen LogP) is 5.43. The molecule has 1 heteroatoms. The van der Waals surface area contributed by atoms with E-state index in [0.29, 0.717) is 6.10 Å². The highest BCUT2D eigenvalue weighted by atomic mass is 16.5. The Morgan fingerprint density at radius 1 is 1.00 bits per heavy atom. The molecule has 3 rings (SSSR count). The average Bonchev–Trinajstić information content (AvgIpc) is 3.14. The van der Waals surface area contributed by atoms with Crippen molar-refractivity contribution in [2.24, 2.45) is 11.8 Å². The normalized spacial score (nSPS) is 22.4. The Bertz CT molecular complexity index is 414. The van der Waals surface area contributed by atoms with Crippen LogP contribution in [-0.2, 0) is 4.74 Å². The van der Waals surface area contributed by atoms with Crippen molar-refractivity contribution in [3.63, 3.8) is 0 Å². The predicted molar refractivity (Wildman–Crippen MR) is 83.8 cm³/mol. The summed E-state index contributed by atoms with van der Waals surface area (Å²) in [7, 11) is 0. The van der Waals surface area contributed by atoms with Crippen molar-refractivity contribution < 1.29 is 4.74 Å². The van der Waals surface area contributed by atoms with E-state index in [1.54, 1.807) is 0 Å². The van der Waals surface area contributed by atoms with Crippen LogP contribution in [0.5, 0.6) is 0 Å². The van der Waals surface area contributed by atoms with Crippen molar-refractivity contribution in [2.45, 2.75) is 64.4 Å². The van der Waals surface area contributed by atoms with Crippen molar-refractivity contribution in [3.05, 3.63) is 35.4 Å². The number of ether oxygens (including phenoxy) is 1. The van der Waals surface area contributed by atoms with Crippen molar-refractivity contribution in [1.29, 1.82) is 0 Å². The molecule has 0 spiro atoms. The Balaban J connectivity index is 1.71. The van der Waals surface area contributed by atoms with E-state index in [1.165, 1.54) is 62.5 Å². The number of benzene rings is 1. The van der Waals surface area contributed by atoms with Gasteiger partial charge in [-0.3, -0.25) is 0 Å². The Kier molecular flexibility index (Phi) is 4.77. The minimum atomic E-state index is 0.347. The fourth-order valence-electron chi connectivity index (χ4n) is 4.06. The van der Waals surface area contributed by atoms with Crippen molar-refractivity contribution >= 4 is 0 Å². The van der Waals surface area contributed by atoms with Gasteiger partial charge in [0.15, 0.2) is 0 Å². The van der Waals surface area contributed by atoms with Gasteiger partial charge in [-0.05, 0) is 55.6 Å². The van der Waals surface area contributed by atoms with Crippen molar-refractivity contribution in [1.82, 2.24) is 0 Å². The zero-order valence-corrected chi connectivity index (χ0v) is 12.8. The quantitative estimate of drug-likeness (QED) is 0.694. The van der Waals surface area contributed by atoms with Gasteiger partial charge in [-0.25, -0.2) is 0 Å². The molecule has 0 heterocycles. The summed E-state index contributed by atoms with van der Waals surface area (Å²) in [5.74, 6) is 1.57. The molecule has 0 aromatic heterocycles. The zero-order valence-electron chi connectivity index (χ0n) is 12.8. The van der Waals surface area contributed by atoms with E-state index in [4.69, 9.17) is 4.74 Å². The summed E-state index contributed by atoms with van der Waals surface area (Å²) in [6, 6.07) is 8.83. The molecule has 1 unspecified atom stereocenters. The van der Waals surface area contributed by atoms with Gasteiger partial charge in [0.25, 0.3) is 0 Å². The molecule has 2 saturated carbocycles. The Hall–Kier alpha value is -0.820. The van der Waals surface area contributed by atoms with E-state index in [9.17, 15) is 0 Å². The first kappa shape index (κ1) is 14.1. The van der Waals surface area contributed by atoms with Crippen LogP contribution in [0.4, 0.5) is 0 Å². The molecule has 2 aliphatic rings. The molecular formula is C19H28O. The fourth-order valence-corrected chi connectivity index (χ4v) is 4.06. The highest BCUT2D eigenvalue weighted by Crippen LogP contribution is 2.40. The molecule has 110 valence electrons. The van der Waals surface area contributed by atoms with Gasteiger partial charge in [0.05, 0.1) is 12.7 Å². The summed E-state index contributed by atoms with van der Waals surface area (Å²) in [6.45, 7) is 3.21. The minimum Gasteiger partial charge on any atom is -0.373 e. The molecule has 1 nitrogen and oxygen atoms in total. The molecule has 2 fully saturated rings. The van der Waals surface area contributed by atoms with Crippen molar-refractivity contribution in [2.75, 3.05) is 6.61 Å². The van der Waals surface area contributed by atoms with Crippen LogP contribution < -0.4 is 0 Å². The fraction of sp³-hybridized carbons (Fsp3) is 0.684. The molecule has 1 aromatic carbocycles. The van der Waals surface area contributed by atoms with Gasteiger partial charge in [-0.15, -0.1) is 0 Å². The Labute approximate surface area is 123 Å². The third-order valence-electron chi connectivity index (χ3n) is 5.31. The van der Waals surface area contributed by atoms with Crippen LogP contribution in [-0.4, -0.2) is 6.61 Å². The van der Waals surface area contributed by atoms with Gasteiger partial charge < -0.3 is 4.74 Å². The molecule has 1 atom stereocenters. The monoisotopic (exact) mass is 272 g/mol. The lowest BCUT2D eigenvalue weighted by Crippen LogP contribution is -2.18. The first-order chi connectivity index (χ1) is 9.84. The van der Waals surface area contributed by atoms with E-state index in [-0.39, 0.29) is 0 Å². The van der Waals surface area contributed by atoms with E-state index >= 15 is 0 Å². The maximum absolute atomic E-state index is 6.48. The lowest BCUT2D eigenvalue weighted by atomic mass is 9.91. The van der Waals surface area contributed by atoms with Crippen LogP contribution in [0.25, 0.3) is 0 Å². The summed E-state index contributed by atoms with van der Waals surface area (Å²) < 4.78 is 6.48. The van der Waals surface area contributed by atoms with Crippen LogP contribution >= 0.6 is 0 Å². The summed E-state index contributed by atoms with van der Waals surface area (Å²) >= 11 is 0. The maximum Gasteiger partial charge on any atom is 0.0855 e. The van der Waals surface area contributed by atoms with Crippen LogP contribution in [0.2, 0.25) is 0 Å². The van der Waals surface area contributed by atoms with E-state index in [1.807, 2.05) is 0 Å². The van der Waals surface area contributed by atoms with Gasteiger partial charge in [0, 0.05) is 0 Å². The summed E-state index contributed by atoms with van der Waals surface area (Å²) in [6.07, 6.45) is 11.4. The molecule has 0 aliphatic heterocycles. The third kappa shape index (κ3) is 3.25. The van der Waals surface area contributed by atoms with Crippen LogP contribution in [0.3, 0.4) is 0 Å². The standard InChI is InChI=1S/C19H28O/c1-15-8-2-7-13-18(15)19(17-11-5-6-12-17)20-14-16-9-3-4-10-16/h2,7-8,13,16-17,19H,3-6,9-12,14H2,1H3. The number of aryl methyl sites for hydroxylation is 1. The highest BCUT2D eigenvalue weighted by Gasteiger charge is 2.29. The minimum absolute atomic E-state index is 0.347. The summed E-state index contributed by atoms with van der Waals surface area (Å²) in [5, 5.41) is 0. The second kappa shape index (κ2) is 6.76. The molecule has 0 saturated heterocycles. The maximum atomic E-state index is 6.48. The summed E-state index contributed by atoms with van der Waals surface area (Å²) in [5.41, 5.74) is 2.84. The SMILES string of the molecule is Cc1ccccc1C(OCC1CCCC1)C1CCCC1. The average molecular weight is 272 g/mol. The first-order valence-electron chi connectivity index (χ1n) is 8.51. The van der Waals surface area contributed by atoms with Gasteiger partial charge in [-0.1, -0.05) is 49.9 Å². The van der Waals surface area contributed by atoms with Gasteiger partial charge in [-0.2, -0.15) is 0 Å². The molecule has 0 N–H and O–H groups in total. The second-order valence-corrected chi connectivity index (χ2v) is 6.81. The Morgan fingerprint density at radius 3 is 2.35 bits per heavy atom. The van der Waals surface area contributed by atoms with E-state index in [2.05, 4.69) is 31.2 Å². The van der Waals surface area contributed by atoms with Crippen LogP contribution in [0, 0.1) is 18.8 Å². The largest absolute Gasteiger partial charge is 0.373 e. The topological polar surface area (TPSA) is 9.23 Å².